The van der Waals surface area contributed by atoms with Crippen molar-refractivity contribution in [1.82, 2.24) is 4.90 Å². The van der Waals surface area contributed by atoms with Crippen molar-refractivity contribution in [2.24, 2.45) is 5.92 Å². The molecule has 1 aliphatic carbocycles. The molecule has 6 heteroatoms. The number of aliphatic hydroxyl groups excluding tert-OH is 1. The second-order valence-corrected chi connectivity index (χ2v) is 7.41. The lowest BCUT2D eigenvalue weighted by molar-refractivity contribution is -0.130. The van der Waals surface area contributed by atoms with Crippen LogP contribution in [-0.4, -0.2) is 26.8 Å². The Morgan fingerprint density at radius 1 is 1.16 bits per heavy atom. The normalized spacial score (nSPS) is 20.4. The van der Waals surface area contributed by atoms with E-state index in [4.69, 9.17) is 0 Å². The Kier molecular flexibility index (Phi) is 3.84. The Morgan fingerprint density at radius 2 is 1.92 bits per heavy atom. The van der Waals surface area contributed by atoms with Gasteiger partial charge in [0.05, 0.1) is 18.2 Å². The van der Waals surface area contributed by atoms with Crippen LogP contribution in [-0.2, 0) is 16.1 Å². The molecule has 2 heterocycles. The zero-order valence-electron chi connectivity index (χ0n) is 13.4. The van der Waals surface area contributed by atoms with Crippen LogP contribution in [0.4, 0.5) is 0 Å². The van der Waals surface area contributed by atoms with Crippen LogP contribution < -0.4 is 0 Å². The van der Waals surface area contributed by atoms with E-state index in [9.17, 15) is 19.8 Å². The van der Waals surface area contributed by atoms with Gasteiger partial charge in [0, 0.05) is 16.4 Å². The maximum atomic E-state index is 12.7. The van der Waals surface area contributed by atoms with Crippen LogP contribution in [0.2, 0.25) is 0 Å². The average Bonchev–Trinajstić information content (AvgIpc) is 3.28. The van der Waals surface area contributed by atoms with Crippen molar-refractivity contribution in [2.45, 2.75) is 25.4 Å². The molecule has 2 aliphatic rings. The molecule has 1 saturated carbocycles. The second-order valence-electron chi connectivity index (χ2n) is 6.37. The molecule has 0 spiro atoms. The Labute approximate surface area is 148 Å². The number of Topliss-reactive ketones (excluding diaryl/α,β-unsaturated/α-hetero) is 1. The molecular formula is C19H17NO4S. The number of hydrogen-bond acceptors (Lipinski definition) is 5. The Morgan fingerprint density at radius 3 is 2.56 bits per heavy atom. The predicted octanol–water partition coefficient (Wildman–Crippen LogP) is 3.33. The van der Waals surface area contributed by atoms with Gasteiger partial charge in [-0.15, -0.1) is 11.3 Å². The lowest BCUT2D eigenvalue weighted by atomic mass is 9.93. The summed E-state index contributed by atoms with van der Waals surface area (Å²) in [4.78, 5) is 27.8. The molecule has 25 heavy (non-hydrogen) atoms. The lowest BCUT2D eigenvalue weighted by Gasteiger charge is -2.27. The number of amides is 1. The summed E-state index contributed by atoms with van der Waals surface area (Å²) in [6, 6.07) is 9.67. The molecule has 1 aromatic carbocycles. The molecule has 1 aromatic heterocycles. The first kappa shape index (κ1) is 15.9. The fraction of sp³-hybridized carbons (Fsp3) is 0.263. The van der Waals surface area contributed by atoms with Gasteiger partial charge in [0.2, 0.25) is 0 Å². The van der Waals surface area contributed by atoms with Crippen molar-refractivity contribution in [2.75, 3.05) is 0 Å². The van der Waals surface area contributed by atoms with Crippen molar-refractivity contribution < 1.29 is 19.8 Å². The summed E-state index contributed by atoms with van der Waals surface area (Å²) in [6.45, 7) is 0.279. The number of nitrogens with zero attached hydrogens (tertiary/aromatic N) is 1. The summed E-state index contributed by atoms with van der Waals surface area (Å²) in [7, 11) is 0. The maximum absolute atomic E-state index is 12.7. The van der Waals surface area contributed by atoms with Crippen LogP contribution in [0.1, 0.15) is 29.3 Å². The van der Waals surface area contributed by atoms with Gasteiger partial charge in [-0.1, -0.05) is 24.3 Å². The minimum Gasteiger partial charge on any atom is -0.508 e. The standard InChI is InChI=1S/C19H17NO4S/c21-14-6-2-1-5-13(14)16-15(17(22)11-7-8-11)18(23)19(24)20(16)10-12-4-3-9-25-12/h1-6,9,11,16,21,23H,7-8,10H2. The monoisotopic (exact) mass is 355 g/mol. The van der Waals surface area contributed by atoms with E-state index in [2.05, 4.69) is 0 Å². The second kappa shape index (κ2) is 6.04. The molecule has 2 N–H and O–H groups in total. The third-order valence-corrected chi connectivity index (χ3v) is 5.52. The number of carbonyl (C=O) groups excluding carboxylic acids is 2. The summed E-state index contributed by atoms with van der Waals surface area (Å²) >= 11 is 1.50. The van der Waals surface area contributed by atoms with E-state index in [0.29, 0.717) is 5.56 Å². The molecule has 1 unspecified atom stereocenters. The molecule has 1 atom stereocenters. The number of aromatic hydroxyl groups is 1. The smallest absolute Gasteiger partial charge is 0.290 e. The lowest BCUT2D eigenvalue weighted by Crippen LogP contribution is -2.30. The van der Waals surface area contributed by atoms with Crippen LogP contribution in [0.3, 0.4) is 0 Å². The fourth-order valence-electron chi connectivity index (χ4n) is 3.25. The number of hydrogen-bond donors (Lipinski definition) is 2. The number of carbonyl (C=O) groups is 2. The predicted molar refractivity (Wildman–Crippen MR) is 93.1 cm³/mol. The number of phenols is 1. The topological polar surface area (TPSA) is 77.8 Å². The number of benzene rings is 1. The number of aliphatic hydroxyl groups is 1. The molecular weight excluding hydrogens is 338 g/mol. The van der Waals surface area contributed by atoms with Crippen LogP contribution in [0.25, 0.3) is 0 Å². The highest BCUT2D eigenvalue weighted by Gasteiger charge is 2.47. The van der Waals surface area contributed by atoms with Crippen molar-refractivity contribution in [3.63, 3.8) is 0 Å². The first-order valence-electron chi connectivity index (χ1n) is 8.16. The van der Waals surface area contributed by atoms with Gasteiger partial charge in [-0.25, -0.2) is 0 Å². The van der Waals surface area contributed by atoms with Gasteiger partial charge >= 0.3 is 0 Å². The van der Waals surface area contributed by atoms with Gasteiger partial charge in [-0.3, -0.25) is 9.59 Å². The third-order valence-electron chi connectivity index (χ3n) is 4.65. The number of phenolic OH excluding ortho intramolecular Hbond substituents is 1. The quantitative estimate of drug-likeness (QED) is 0.862. The van der Waals surface area contributed by atoms with E-state index >= 15 is 0 Å². The SMILES string of the molecule is O=C(C1=C(O)C(=O)N(Cc2cccs2)C1c1ccccc1O)C1CC1. The summed E-state index contributed by atoms with van der Waals surface area (Å²) in [5.74, 6) is -1.35. The molecule has 0 bridgehead atoms. The molecule has 5 nitrogen and oxygen atoms in total. The van der Waals surface area contributed by atoms with Crippen LogP contribution in [0, 0.1) is 5.92 Å². The number of ketones is 1. The molecule has 128 valence electrons. The highest BCUT2D eigenvalue weighted by Crippen LogP contribution is 2.45. The van der Waals surface area contributed by atoms with E-state index in [1.54, 1.807) is 18.2 Å². The van der Waals surface area contributed by atoms with Crippen molar-refractivity contribution >= 4 is 23.0 Å². The molecule has 0 radical (unpaired) electrons. The van der Waals surface area contributed by atoms with Gasteiger partial charge in [0.1, 0.15) is 5.75 Å². The molecule has 1 aliphatic heterocycles. The van der Waals surface area contributed by atoms with E-state index in [1.165, 1.54) is 22.3 Å². The fourth-order valence-corrected chi connectivity index (χ4v) is 3.95. The molecule has 1 fully saturated rings. The van der Waals surface area contributed by atoms with Gasteiger partial charge in [0.15, 0.2) is 11.5 Å². The van der Waals surface area contributed by atoms with Crippen LogP contribution in [0.15, 0.2) is 53.1 Å². The summed E-state index contributed by atoms with van der Waals surface area (Å²) in [5.41, 5.74) is 0.575. The molecule has 4 rings (SSSR count). The van der Waals surface area contributed by atoms with Gasteiger partial charge in [-0.2, -0.15) is 0 Å². The van der Waals surface area contributed by atoms with Crippen molar-refractivity contribution in [3.05, 3.63) is 63.6 Å². The van der Waals surface area contributed by atoms with E-state index < -0.39 is 17.7 Å². The van der Waals surface area contributed by atoms with Crippen LogP contribution in [0.5, 0.6) is 5.75 Å². The average molecular weight is 355 g/mol. The highest BCUT2D eigenvalue weighted by atomic mass is 32.1. The summed E-state index contributed by atoms with van der Waals surface area (Å²) < 4.78 is 0. The zero-order valence-corrected chi connectivity index (χ0v) is 14.2. The Hall–Kier alpha value is -2.60. The minimum absolute atomic E-state index is 0.00674. The molecule has 1 amide bonds. The third kappa shape index (κ3) is 2.72. The van der Waals surface area contributed by atoms with Crippen molar-refractivity contribution in [1.29, 1.82) is 0 Å². The Bertz CT molecular complexity index is 867. The van der Waals surface area contributed by atoms with Gasteiger partial charge < -0.3 is 15.1 Å². The molecule has 2 aromatic rings. The van der Waals surface area contributed by atoms with Crippen LogP contribution >= 0.6 is 11.3 Å². The van der Waals surface area contributed by atoms with Crippen molar-refractivity contribution in [3.8, 4) is 5.75 Å². The maximum Gasteiger partial charge on any atom is 0.290 e. The molecule has 0 saturated heterocycles. The number of para-hydroxylation sites is 1. The largest absolute Gasteiger partial charge is 0.508 e. The van der Waals surface area contributed by atoms with E-state index in [1.807, 2.05) is 17.5 Å². The highest BCUT2D eigenvalue weighted by molar-refractivity contribution is 7.09. The first-order valence-corrected chi connectivity index (χ1v) is 9.04. The van der Waals surface area contributed by atoms with Gasteiger partial charge in [-0.05, 0) is 30.4 Å². The van der Waals surface area contributed by atoms with E-state index in [-0.39, 0.29) is 29.6 Å². The Balaban J connectivity index is 1.80. The number of thiophene rings is 1. The van der Waals surface area contributed by atoms with Gasteiger partial charge in [0.25, 0.3) is 5.91 Å². The summed E-state index contributed by atoms with van der Waals surface area (Å²) in [6.07, 6.45) is 1.56. The van der Waals surface area contributed by atoms with E-state index in [0.717, 1.165) is 17.7 Å². The minimum atomic E-state index is -0.760. The summed E-state index contributed by atoms with van der Waals surface area (Å²) in [5, 5.41) is 22.6. The zero-order chi connectivity index (χ0) is 17.6. The number of rotatable bonds is 5. The first-order chi connectivity index (χ1) is 12.1.